The van der Waals surface area contributed by atoms with Crippen LogP contribution in [0, 0.1) is 10.7 Å². The maximum atomic E-state index is 12.5. The Morgan fingerprint density at radius 2 is 1.80 bits per heavy atom. The summed E-state index contributed by atoms with van der Waals surface area (Å²) in [5, 5.41) is 2.86. The second-order valence-electron chi connectivity index (χ2n) is 10.7. The van der Waals surface area contributed by atoms with Gasteiger partial charge in [-0.1, -0.05) is 68.8 Å². The van der Waals surface area contributed by atoms with E-state index in [1.807, 2.05) is 48.5 Å². The Hall–Kier alpha value is -3.60. The standard InChI is InChI=1S/C31H35N3O6S/c1-3-19(2)14-21-12-13-27(39-21)34-17-20(29(36)33-30(34)41)15-32-16-28(35)40-31(37)38-18-26-24-10-6-4-8-22(24)23-9-5-7-11-25(23)26/h4-11,17,19,21,26-27,32H,3,12-16,18H2,1-2H3,(H,33,36,41)/t19?,21?,27-/m1/s1. The third-order valence-electron chi connectivity index (χ3n) is 7.91. The minimum absolute atomic E-state index is 0.0534. The molecule has 1 fully saturated rings. The van der Waals surface area contributed by atoms with Gasteiger partial charge in [-0.05, 0) is 59.7 Å². The van der Waals surface area contributed by atoms with Crippen molar-refractivity contribution in [2.45, 2.75) is 64.3 Å². The molecule has 3 atom stereocenters. The van der Waals surface area contributed by atoms with Crippen LogP contribution in [0.2, 0.25) is 0 Å². The lowest BCUT2D eigenvalue weighted by Gasteiger charge is -2.19. The first kappa shape index (κ1) is 28.9. The van der Waals surface area contributed by atoms with Gasteiger partial charge in [-0.25, -0.2) is 4.79 Å². The summed E-state index contributed by atoms with van der Waals surface area (Å²) >= 11 is 5.38. The van der Waals surface area contributed by atoms with Gasteiger partial charge < -0.3 is 19.5 Å². The van der Waals surface area contributed by atoms with Gasteiger partial charge in [0.05, 0.1) is 12.6 Å². The molecule has 0 bridgehead atoms. The quantitative estimate of drug-likeness (QED) is 0.182. The minimum atomic E-state index is -1.06. The molecule has 2 aromatic carbocycles. The molecule has 10 heteroatoms. The zero-order chi connectivity index (χ0) is 28.9. The Kier molecular flexibility index (Phi) is 9.12. The molecule has 216 valence electrons. The van der Waals surface area contributed by atoms with Crippen LogP contribution < -0.4 is 10.9 Å². The normalized spacial score (nSPS) is 18.5. The van der Waals surface area contributed by atoms with Crippen LogP contribution in [0.5, 0.6) is 0 Å². The van der Waals surface area contributed by atoms with Crippen LogP contribution in [-0.4, -0.2) is 40.9 Å². The van der Waals surface area contributed by atoms with E-state index in [1.165, 1.54) is 0 Å². The minimum Gasteiger partial charge on any atom is -0.433 e. The zero-order valence-electron chi connectivity index (χ0n) is 23.3. The molecular formula is C31H35N3O6S. The summed E-state index contributed by atoms with van der Waals surface area (Å²) in [5.74, 6) is -0.364. The third kappa shape index (κ3) is 6.66. The molecule has 0 spiro atoms. The van der Waals surface area contributed by atoms with Crippen molar-refractivity contribution in [3.8, 4) is 11.1 Å². The Balaban J connectivity index is 1.11. The van der Waals surface area contributed by atoms with Crippen LogP contribution in [0.25, 0.3) is 11.1 Å². The summed E-state index contributed by atoms with van der Waals surface area (Å²) in [6.07, 6.45) is 4.36. The van der Waals surface area contributed by atoms with Gasteiger partial charge in [0.15, 0.2) is 4.77 Å². The molecule has 1 saturated heterocycles. The van der Waals surface area contributed by atoms with E-state index in [1.54, 1.807) is 10.8 Å². The fraction of sp³-hybridized carbons (Fsp3) is 0.419. The van der Waals surface area contributed by atoms with Crippen molar-refractivity contribution in [1.29, 1.82) is 0 Å². The Morgan fingerprint density at radius 3 is 2.49 bits per heavy atom. The van der Waals surface area contributed by atoms with Crippen LogP contribution >= 0.6 is 12.2 Å². The van der Waals surface area contributed by atoms with Gasteiger partial charge >= 0.3 is 12.1 Å². The number of nitrogens with zero attached hydrogens (tertiary/aromatic N) is 1. The molecule has 1 aliphatic heterocycles. The maximum Gasteiger partial charge on any atom is 0.516 e. The first-order chi connectivity index (χ1) is 19.8. The highest BCUT2D eigenvalue weighted by molar-refractivity contribution is 7.71. The molecule has 9 nitrogen and oxygen atoms in total. The molecule has 3 aromatic rings. The molecule has 0 saturated carbocycles. The number of benzene rings is 2. The topological polar surface area (TPSA) is 112 Å². The summed E-state index contributed by atoms with van der Waals surface area (Å²) in [6, 6.07) is 16.0. The van der Waals surface area contributed by atoms with Gasteiger partial charge in [-0.2, -0.15) is 0 Å². The van der Waals surface area contributed by atoms with Gasteiger partial charge in [0, 0.05) is 24.2 Å². The van der Waals surface area contributed by atoms with Crippen molar-refractivity contribution >= 4 is 24.3 Å². The van der Waals surface area contributed by atoms with Gasteiger partial charge in [0.2, 0.25) is 0 Å². The largest absolute Gasteiger partial charge is 0.516 e. The average Bonchev–Trinajstić information content (AvgIpc) is 3.55. The SMILES string of the molecule is CCC(C)CC1CC[C@H](n2cc(CNCC(=O)OC(=O)OCC3c4ccccc4-c4ccccc43)c(=O)[nH]c2=S)O1. The van der Waals surface area contributed by atoms with Gasteiger partial charge in [0.1, 0.15) is 12.8 Å². The van der Waals surface area contributed by atoms with Crippen molar-refractivity contribution in [3.63, 3.8) is 0 Å². The molecule has 1 aliphatic carbocycles. The van der Waals surface area contributed by atoms with Crippen molar-refractivity contribution in [2.24, 2.45) is 5.92 Å². The van der Waals surface area contributed by atoms with E-state index < -0.39 is 12.1 Å². The van der Waals surface area contributed by atoms with E-state index in [0.29, 0.717) is 16.3 Å². The number of H-pyrrole nitrogens is 1. The molecule has 0 amide bonds. The van der Waals surface area contributed by atoms with Crippen molar-refractivity contribution in [1.82, 2.24) is 14.9 Å². The lowest BCUT2D eigenvalue weighted by Crippen LogP contribution is -2.30. The van der Waals surface area contributed by atoms with Crippen LogP contribution in [0.1, 0.15) is 68.4 Å². The second kappa shape index (κ2) is 12.9. The van der Waals surface area contributed by atoms with Gasteiger partial charge in [-0.15, -0.1) is 0 Å². The molecule has 2 N–H and O–H groups in total. The fourth-order valence-electron chi connectivity index (χ4n) is 5.60. The second-order valence-corrected chi connectivity index (χ2v) is 11.1. The number of hydrogen-bond donors (Lipinski definition) is 2. The van der Waals surface area contributed by atoms with Crippen molar-refractivity contribution in [2.75, 3.05) is 13.2 Å². The number of fused-ring (bicyclic) bond motifs is 3. The van der Waals surface area contributed by atoms with Gasteiger partial charge in [-0.3, -0.25) is 19.1 Å². The van der Waals surface area contributed by atoms with E-state index in [4.69, 9.17) is 26.4 Å². The predicted octanol–water partition coefficient (Wildman–Crippen LogP) is 5.60. The number of rotatable bonds is 10. The molecule has 5 rings (SSSR count). The van der Waals surface area contributed by atoms with E-state index >= 15 is 0 Å². The molecule has 0 radical (unpaired) electrons. The number of aromatic amines is 1. The van der Waals surface area contributed by atoms with E-state index in [-0.39, 0.29) is 43.5 Å². The highest BCUT2D eigenvalue weighted by atomic mass is 32.1. The number of carbonyl (C=O) groups is 2. The number of esters is 1. The van der Waals surface area contributed by atoms with Crippen LogP contribution in [0.15, 0.2) is 59.5 Å². The number of hydrogen-bond acceptors (Lipinski definition) is 8. The van der Waals surface area contributed by atoms with Crippen molar-refractivity contribution < 1.29 is 23.8 Å². The predicted molar refractivity (Wildman–Crippen MR) is 156 cm³/mol. The van der Waals surface area contributed by atoms with E-state index in [9.17, 15) is 14.4 Å². The summed E-state index contributed by atoms with van der Waals surface area (Å²) in [7, 11) is 0. The first-order valence-corrected chi connectivity index (χ1v) is 14.5. The third-order valence-corrected chi connectivity index (χ3v) is 8.22. The number of nitrogens with one attached hydrogen (secondary N) is 2. The summed E-state index contributed by atoms with van der Waals surface area (Å²) in [5.41, 5.74) is 4.39. The summed E-state index contributed by atoms with van der Waals surface area (Å²) < 4.78 is 18.4. The fourth-order valence-corrected chi connectivity index (χ4v) is 5.86. The number of ether oxygens (including phenoxy) is 3. The highest BCUT2D eigenvalue weighted by Crippen LogP contribution is 2.44. The smallest absolute Gasteiger partial charge is 0.433 e. The van der Waals surface area contributed by atoms with E-state index in [0.717, 1.165) is 47.9 Å². The lowest BCUT2D eigenvalue weighted by atomic mass is 9.98. The van der Waals surface area contributed by atoms with Gasteiger partial charge in [0.25, 0.3) is 5.56 Å². The molecule has 1 aromatic heterocycles. The summed E-state index contributed by atoms with van der Waals surface area (Å²) in [4.78, 5) is 39.8. The first-order valence-electron chi connectivity index (χ1n) is 14.1. The highest BCUT2D eigenvalue weighted by Gasteiger charge is 2.30. The Bertz CT molecular complexity index is 1490. The molecular weight excluding hydrogens is 542 g/mol. The van der Waals surface area contributed by atoms with Crippen molar-refractivity contribution in [3.05, 3.63) is 86.5 Å². The molecule has 2 heterocycles. The van der Waals surface area contributed by atoms with Crippen LogP contribution in [0.4, 0.5) is 4.79 Å². The van der Waals surface area contributed by atoms with E-state index in [2.05, 4.69) is 24.1 Å². The number of aromatic nitrogens is 2. The lowest BCUT2D eigenvalue weighted by molar-refractivity contribution is -0.138. The molecule has 2 unspecified atom stereocenters. The molecule has 2 aliphatic rings. The average molecular weight is 578 g/mol. The maximum absolute atomic E-state index is 12.5. The summed E-state index contributed by atoms with van der Waals surface area (Å²) in [6.45, 7) is 4.23. The monoisotopic (exact) mass is 577 g/mol. The molecule has 41 heavy (non-hydrogen) atoms. The zero-order valence-corrected chi connectivity index (χ0v) is 24.1. The Labute approximate surface area is 243 Å². The van der Waals surface area contributed by atoms with Crippen LogP contribution in [0.3, 0.4) is 0 Å². The van der Waals surface area contributed by atoms with Crippen LogP contribution in [-0.2, 0) is 25.5 Å². The Morgan fingerprint density at radius 1 is 1.12 bits per heavy atom. The number of carbonyl (C=O) groups excluding carboxylic acids is 2.